The summed E-state index contributed by atoms with van der Waals surface area (Å²) >= 11 is 0. The Morgan fingerprint density at radius 3 is 2.12 bits per heavy atom. The number of benzene rings is 2. The van der Waals surface area contributed by atoms with Gasteiger partial charge in [0.05, 0.1) is 12.7 Å². The summed E-state index contributed by atoms with van der Waals surface area (Å²) in [5, 5.41) is 101. The van der Waals surface area contributed by atoms with Crippen LogP contribution in [0.4, 0.5) is 0 Å². The Morgan fingerprint density at radius 1 is 0.744 bits per heavy atom. The van der Waals surface area contributed by atoms with Crippen LogP contribution in [-0.4, -0.2) is 119 Å². The molecule has 0 bridgehead atoms. The molecule has 2 aliphatic heterocycles. The second kappa shape index (κ2) is 11.8. The number of phenols is 4. The van der Waals surface area contributed by atoms with Crippen LogP contribution in [0, 0.1) is 0 Å². The van der Waals surface area contributed by atoms with Crippen LogP contribution in [0.2, 0.25) is 0 Å². The largest absolute Gasteiger partial charge is 0.508 e. The first kappa shape index (κ1) is 30.7. The molecule has 1 aromatic heterocycles. The number of hydrogen-bond acceptors (Lipinski definition) is 16. The Morgan fingerprint density at radius 2 is 1.42 bits per heavy atom. The number of fused-ring (bicyclic) bond motifs is 1. The lowest BCUT2D eigenvalue weighted by molar-refractivity contribution is -0.318. The highest BCUT2D eigenvalue weighted by Gasteiger charge is 2.47. The van der Waals surface area contributed by atoms with Crippen molar-refractivity contribution in [1.82, 2.24) is 0 Å². The van der Waals surface area contributed by atoms with Gasteiger partial charge < -0.3 is 74.4 Å². The highest BCUT2D eigenvalue weighted by molar-refractivity contribution is 5.88. The third kappa shape index (κ3) is 5.67. The molecule has 0 saturated carbocycles. The summed E-state index contributed by atoms with van der Waals surface area (Å²) in [7, 11) is 0. The molecule has 2 fully saturated rings. The summed E-state index contributed by atoms with van der Waals surface area (Å²) in [6.45, 7) is 0.818. The molecule has 0 radical (unpaired) electrons. The maximum Gasteiger partial charge on any atom is 0.239 e. The first-order valence-corrected chi connectivity index (χ1v) is 13.0. The smallest absolute Gasteiger partial charge is 0.239 e. The van der Waals surface area contributed by atoms with Crippen molar-refractivity contribution in [2.24, 2.45) is 0 Å². The van der Waals surface area contributed by atoms with Gasteiger partial charge in [-0.05, 0) is 25.1 Å². The van der Waals surface area contributed by atoms with Crippen LogP contribution in [0.15, 0.2) is 39.5 Å². The SMILES string of the molecule is C[C@@H]1O[C@H](OC[C@@H]2O[C@H](Oc3c(-c4ccc(O)c(O)c4)oc4cc(O)cc(O)c4c3=O)[C@@H](O)[C@@H](O)[C@@H]2O)[C@H](O)[C@H](O)[C@@H]1O. The van der Waals surface area contributed by atoms with Gasteiger partial charge in [0.25, 0.3) is 0 Å². The molecule has 10 atom stereocenters. The minimum Gasteiger partial charge on any atom is -0.508 e. The van der Waals surface area contributed by atoms with Gasteiger partial charge in [0, 0.05) is 17.7 Å². The third-order valence-electron chi connectivity index (χ3n) is 7.29. The molecule has 0 unspecified atom stereocenters. The molecule has 5 rings (SSSR count). The zero-order valence-electron chi connectivity index (χ0n) is 22.3. The van der Waals surface area contributed by atoms with E-state index in [9.17, 15) is 55.9 Å². The Labute approximate surface area is 241 Å². The number of rotatable bonds is 6. The predicted octanol–water partition coefficient (Wildman–Crippen LogP) is -1.69. The number of ether oxygens (including phenoxy) is 4. The van der Waals surface area contributed by atoms with E-state index in [1.165, 1.54) is 13.0 Å². The van der Waals surface area contributed by atoms with E-state index >= 15 is 0 Å². The first-order valence-electron chi connectivity index (χ1n) is 13.0. The fraction of sp³-hybridized carbons (Fsp3) is 0.444. The summed E-state index contributed by atoms with van der Waals surface area (Å²) < 4.78 is 27.8. The Balaban J connectivity index is 1.48. The summed E-state index contributed by atoms with van der Waals surface area (Å²) in [5.41, 5.74) is -1.35. The van der Waals surface area contributed by atoms with E-state index in [2.05, 4.69) is 0 Å². The van der Waals surface area contributed by atoms with Crippen molar-refractivity contribution < 1.29 is 74.4 Å². The van der Waals surface area contributed by atoms with Crippen molar-refractivity contribution in [1.29, 1.82) is 0 Å². The molecular weight excluding hydrogens is 580 g/mol. The molecule has 16 heteroatoms. The normalized spacial score (nSPS) is 33.0. The minimum atomic E-state index is -1.97. The zero-order chi connectivity index (χ0) is 31.3. The molecule has 10 N–H and O–H groups in total. The van der Waals surface area contributed by atoms with Crippen LogP contribution >= 0.6 is 0 Å². The second-order valence-electron chi connectivity index (χ2n) is 10.3. The fourth-order valence-electron chi connectivity index (χ4n) is 4.84. The zero-order valence-corrected chi connectivity index (χ0v) is 22.3. The molecule has 2 aliphatic rings. The van der Waals surface area contributed by atoms with Crippen LogP contribution in [0.3, 0.4) is 0 Å². The molecule has 3 heterocycles. The highest BCUT2D eigenvalue weighted by Crippen LogP contribution is 2.39. The molecule has 2 aromatic carbocycles. The molecule has 16 nitrogen and oxygen atoms in total. The average Bonchev–Trinajstić information content (AvgIpc) is 2.96. The van der Waals surface area contributed by atoms with Crippen LogP contribution in [0.5, 0.6) is 28.7 Å². The molecule has 0 spiro atoms. The van der Waals surface area contributed by atoms with Crippen molar-refractivity contribution in [3.8, 4) is 40.1 Å². The molecule has 3 aromatic rings. The summed E-state index contributed by atoms with van der Waals surface area (Å²) in [4.78, 5) is 13.6. The van der Waals surface area contributed by atoms with Gasteiger partial charge in [-0.1, -0.05) is 0 Å². The van der Waals surface area contributed by atoms with Crippen molar-refractivity contribution in [2.75, 3.05) is 6.61 Å². The van der Waals surface area contributed by atoms with Gasteiger partial charge in [0.15, 0.2) is 23.5 Å². The van der Waals surface area contributed by atoms with Crippen molar-refractivity contribution >= 4 is 11.0 Å². The first-order chi connectivity index (χ1) is 20.3. The lowest BCUT2D eigenvalue weighted by atomic mass is 9.98. The topological polar surface area (TPSA) is 269 Å². The average molecular weight is 611 g/mol. The molecular formula is C27H30O16. The lowest BCUT2D eigenvalue weighted by Gasteiger charge is -2.42. The van der Waals surface area contributed by atoms with Gasteiger partial charge in [-0.2, -0.15) is 0 Å². The van der Waals surface area contributed by atoms with Gasteiger partial charge >= 0.3 is 0 Å². The number of hydrogen-bond donors (Lipinski definition) is 10. The number of aromatic hydroxyl groups is 4. The number of phenolic OH excluding ortho intramolecular Hbond substituents is 4. The van der Waals surface area contributed by atoms with Gasteiger partial charge in [-0.3, -0.25) is 4.79 Å². The molecule has 234 valence electrons. The van der Waals surface area contributed by atoms with E-state index in [0.29, 0.717) is 0 Å². The molecule has 0 amide bonds. The van der Waals surface area contributed by atoms with Crippen molar-refractivity contribution in [3.63, 3.8) is 0 Å². The number of aliphatic hydroxyl groups is 6. The van der Waals surface area contributed by atoms with E-state index in [-0.39, 0.29) is 11.1 Å². The monoisotopic (exact) mass is 610 g/mol. The Kier molecular flexibility index (Phi) is 8.41. The van der Waals surface area contributed by atoms with Crippen LogP contribution in [0.1, 0.15) is 6.92 Å². The summed E-state index contributed by atoms with van der Waals surface area (Å²) in [6, 6.07) is 5.24. The van der Waals surface area contributed by atoms with Gasteiger partial charge in [0.1, 0.15) is 65.2 Å². The Bertz CT molecular complexity index is 1540. The second-order valence-corrected chi connectivity index (χ2v) is 10.3. The molecule has 0 aliphatic carbocycles. The lowest BCUT2D eigenvalue weighted by Crippen LogP contribution is -2.61. The van der Waals surface area contributed by atoms with Crippen molar-refractivity contribution in [3.05, 3.63) is 40.6 Å². The predicted molar refractivity (Wildman–Crippen MR) is 140 cm³/mol. The van der Waals surface area contributed by atoms with E-state index in [1.807, 2.05) is 0 Å². The number of aliphatic hydroxyl groups excluding tert-OH is 6. The summed E-state index contributed by atoms with van der Waals surface area (Å²) in [6.07, 6.45) is -16.2. The maximum atomic E-state index is 13.6. The standard InChI is InChI=1S/C27H30O16/c1-8-17(32)20(35)22(37)26(40-8)39-7-15-18(33)21(36)23(38)27(42-15)43-25-19(34)16-13(31)5-10(28)6-14(16)41-24(25)9-2-3-11(29)12(30)4-9/h2-6,8,15,17-18,20-23,26-33,35-38H,7H2,1H3/t8-,15-,17+,18+,20+,21-,22+,23-,26-,27+/m0/s1. The third-order valence-corrected chi connectivity index (χ3v) is 7.29. The van der Waals surface area contributed by atoms with Crippen LogP contribution < -0.4 is 10.2 Å². The summed E-state index contributed by atoms with van der Waals surface area (Å²) in [5.74, 6) is -3.33. The van der Waals surface area contributed by atoms with E-state index in [0.717, 1.165) is 24.3 Å². The molecule has 43 heavy (non-hydrogen) atoms. The van der Waals surface area contributed by atoms with E-state index in [1.54, 1.807) is 0 Å². The highest BCUT2D eigenvalue weighted by atomic mass is 16.7. The van der Waals surface area contributed by atoms with E-state index in [4.69, 9.17) is 23.4 Å². The quantitative estimate of drug-likeness (QED) is 0.140. The van der Waals surface area contributed by atoms with E-state index < -0.39 is 113 Å². The fourth-order valence-corrected chi connectivity index (χ4v) is 4.84. The Hall–Kier alpha value is -3.71. The van der Waals surface area contributed by atoms with Gasteiger partial charge in [0.2, 0.25) is 17.5 Å². The maximum absolute atomic E-state index is 13.6. The van der Waals surface area contributed by atoms with Gasteiger partial charge in [-0.15, -0.1) is 0 Å². The van der Waals surface area contributed by atoms with Gasteiger partial charge in [-0.25, -0.2) is 0 Å². The minimum absolute atomic E-state index is 0.0313. The van der Waals surface area contributed by atoms with Crippen LogP contribution in [0.25, 0.3) is 22.3 Å². The molecule has 2 saturated heterocycles. The van der Waals surface area contributed by atoms with Crippen LogP contribution in [-0.2, 0) is 14.2 Å². The van der Waals surface area contributed by atoms with Crippen molar-refractivity contribution in [2.45, 2.75) is 68.3 Å².